The minimum Gasteiger partial charge on any atom is -0.497 e. The second-order valence-corrected chi connectivity index (χ2v) is 4.59. The summed E-state index contributed by atoms with van der Waals surface area (Å²) < 4.78 is 5.18. The molecule has 16 heavy (non-hydrogen) atoms. The molecule has 1 saturated carbocycles. The van der Waals surface area contributed by atoms with E-state index in [9.17, 15) is 0 Å². The first kappa shape index (κ1) is 9.91. The highest BCUT2D eigenvalue weighted by atomic mass is 35.5. The van der Waals surface area contributed by atoms with Gasteiger partial charge < -0.3 is 4.74 Å². The van der Waals surface area contributed by atoms with Gasteiger partial charge in [0.1, 0.15) is 5.75 Å². The van der Waals surface area contributed by atoms with Crippen molar-refractivity contribution >= 4 is 22.5 Å². The first-order valence-electron chi connectivity index (χ1n) is 5.42. The molecule has 1 aromatic heterocycles. The van der Waals surface area contributed by atoms with Crippen LogP contribution in [0.25, 0.3) is 10.9 Å². The normalized spacial score (nSPS) is 15.4. The van der Waals surface area contributed by atoms with Crippen LogP contribution in [0.4, 0.5) is 0 Å². The largest absolute Gasteiger partial charge is 0.497 e. The number of benzene rings is 1. The highest BCUT2D eigenvalue weighted by Crippen LogP contribution is 2.41. The summed E-state index contributed by atoms with van der Waals surface area (Å²) in [6.45, 7) is 0. The lowest BCUT2D eigenvalue weighted by molar-refractivity contribution is 0.415. The third-order valence-corrected chi connectivity index (χ3v) is 3.29. The fraction of sp³-hybridized carbons (Fsp3) is 0.308. The molecule has 2 nitrogen and oxygen atoms in total. The van der Waals surface area contributed by atoms with Gasteiger partial charge in [0.25, 0.3) is 0 Å². The molecule has 0 unspecified atom stereocenters. The molecule has 1 fully saturated rings. The summed E-state index contributed by atoms with van der Waals surface area (Å²) >= 11 is 6.27. The van der Waals surface area contributed by atoms with Crippen molar-refractivity contribution < 1.29 is 4.74 Å². The molecule has 0 aliphatic heterocycles. The number of ether oxygens (including phenoxy) is 1. The smallest absolute Gasteiger partial charge is 0.119 e. The molecule has 0 saturated heterocycles. The lowest BCUT2D eigenvalue weighted by Gasteiger charge is -2.06. The molecule has 1 heterocycles. The van der Waals surface area contributed by atoms with Gasteiger partial charge in [0.15, 0.2) is 0 Å². The Labute approximate surface area is 99.2 Å². The van der Waals surface area contributed by atoms with Crippen LogP contribution in [0, 0.1) is 0 Å². The minimum atomic E-state index is 0.629. The third-order valence-electron chi connectivity index (χ3n) is 2.98. The Bertz CT molecular complexity index is 549. The first-order valence-corrected chi connectivity index (χ1v) is 5.80. The van der Waals surface area contributed by atoms with E-state index in [4.69, 9.17) is 16.3 Å². The Morgan fingerprint density at radius 2 is 2.12 bits per heavy atom. The molecule has 1 aliphatic carbocycles. The predicted octanol–water partition coefficient (Wildman–Crippen LogP) is 3.77. The Morgan fingerprint density at radius 1 is 1.31 bits per heavy atom. The number of rotatable bonds is 2. The van der Waals surface area contributed by atoms with Crippen LogP contribution in [-0.2, 0) is 0 Å². The summed E-state index contributed by atoms with van der Waals surface area (Å²) in [5.74, 6) is 1.44. The zero-order chi connectivity index (χ0) is 11.1. The summed E-state index contributed by atoms with van der Waals surface area (Å²) in [4.78, 5) is 4.63. The summed E-state index contributed by atoms with van der Waals surface area (Å²) in [6, 6.07) is 7.80. The van der Waals surface area contributed by atoms with Crippen LogP contribution in [0.5, 0.6) is 5.75 Å². The molecule has 0 atom stereocenters. The molecule has 0 bridgehead atoms. The number of fused-ring (bicyclic) bond motifs is 1. The van der Waals surface area contributed by atoms with Crippen LogP contribution < -0.4 is 4.74 Å². The van der Waals surface area contributed by atoms with Crippen LogP contribution in [0.3, 0.4) is 0 Å². The molecular weight excluding hydrogens is 222 g/mol. The number of hydrogen-bond acceptors (Lipinski definition) is 2. The van der Waals surface area contributed by atoms with E-state index in [2.05, 4.69) is 4.98 Å². The van der Waals surface area contributed by atoms with Gasteiger partial charge >= 0.3 is 0 Å². The maximum Gasteiger partial charge on any atom is 0.119 e. The van der Waals surface area contributed by atoms with E-state index >= 15 is 0 Å². The summed E-state index contributed by atoms with van der Waals surface area (Å²) in [5.41, 5.74) is 2.08. The van der Waals surface area contributed by atoms with Crippen LogP contribution in [0.15, 0.2) is 24.3 Å². The van der Waals surface area contributed by atoms with E-state index in [-0.39, 0.29) is 0 Å². The average molecular weight is 234 g/mol. The number of pyridine rings is 1. The molecule has 3 heteroatoms. The lowest BCUT2D eigenvalue weighted by Crippen LogP contribution is -1.90. The Hall–Kier alpha value is -1.28. The minimum absolute atomic E-state index is 0.629. The molecule has 0 amide bonds. The topological polar surface area (TPSA) is 22.1 Å². The second-order valence-electron chi connectivity index (χ2n) is 4.19. The van der Waals surface area contributed by atoms with Crippen molar-refractivity contribution in [2.45, 2.75) is 18.8 Å². The van der Waals surface area contributed by atoms with Gasteiger partial charge in [-0.25, -0.2) is 0 Å². The van der Waals surface area contributed by atoms with Crippen molar-refractivity contribution in [3.05, 3.63) is 35.0 Å². The van der Waals surface area contributed by atoms with Crippen molar-refractivity contribution in [1.82, 2.24) is 4.98 Å². The van der Waals surface area contributed by atoms with Crippen LogP contribution in [0.1, 0.15) is 24.5 Å². The maximum absolute atomic E-state index is 6.27. The van der Waals surface area contributed by atoms with Crippen molar-refractivity contribution in [2.75, 3.05) is 7.11 Å². The maximum atomic E-state index is 6.27. The summed E-state index contributed by atoms with van der Waals surface area (Å²) in [7, 11) is 1.65. The third kappa shape index (κ3) is 1.63. The molecular formula is C13H12ClNO. The quantitative estimate of drug-likeness (QED) is 0.788. The van der Waals surface area contributed by atoms with Crippen molar-refractivity contribution in [2.24, 2.45) is 0 Å². The molecule has 2 aromatic rings. The van der Waals surface area contributed by atoms with Gasteiger partial charge in [-0.05, 0) is 37.1 Å². The van der Waals surface area contributed by atoms with E-state index in [1.807, 2.05) is 24.3 Å². The van der Waals surface area contributed by atoms with Crippen molar-refractivity contribution in [3.8, 4) is 5.75 Å². The summed E-state index contributed by atoms with van der Waals surface area (Å²) in [6.07, 6.45) is 2.48. The second kappa shape index (κ2) is 3.63. The van der Waals surface area contributed by atoms with Crippen LogP contribution in [-0.4, -0.2) is 12.1 Å². The van der Waals surface area contributed by atoms with Crippen LogP contribution in [0.2, 0.25) is 5.02 Å². The number of methoxy groups -OCH3 is 1. The average Bonchev–Trinajstić information content (AvgIpc) is 3.12. The zero-order valence-electron chi connectivity index (χ0n) is 9.03. The van der Waals surface area contributed by atoms with Crippen molar-refractivity contribution in [1.29, 1.82) is 0 Å². The fourth-order valence-corrected chi connectivity index (χ4v) is 2.16. The van der Waals surface area contributed by atoms with Gasteiger partial charge in [0, 0.05) is 17.0 Å². The fourth-order valence-electron chi connectivity index (χ4n) is 1.90. The van der Waals surface area contributed by atoms with Crippen LogP contribution >= 0.6 is 11.6 Å². The number of aromatic nitrogens is 1. The standard InChI is InChI=1S/C13H12ClNO/c1-16-9-4-5-12-10(6-9)11(14)7-13(15-12)8-2-3-8/h4-8H,2-3H2,1H3. The van der Waals surface area contributed by atoms with E-state index < -0.39 is 0 Å². The van der Waals surface area contributed by atoms with Gasteiger partial charge in [-0.2, -0.15) is 0 Å². The Kier molecular flexibility index (Phi) is 2.25. The van der Waals surface area contributed by atoms with Crippen molar-refractivity contribution in [3.63, 3.8) is 0 Å². The molecule has 3 rings (SSSR count). The highest BCUT2D eigenvalue weighted by Gasteiger charge is 2.25. The zero-order valence-corrected chi connectivity index (χ0v) is 9.79. The van der Waals surface area contributed by atoms with Gasteiger partial charge in [-0.1, -0.05) is 11.6 Å². The van der Waals surface area contributed by atoms with Gasteiger partial charge in [0.05, 0.1) is 17.6 Å². The molecule has 1 aromatic carbocycles. The first-order chi connectivity index (χ1) is 7.78. The van der Waals surface area contributed by atoms with Gasteiger partial charge in [-0.3, -0.25) is 4.98 Å². The Balaban J connectivity index is 2.19. The molecule has 1 aliphatic rings. The number of nitrogens with zero attached hydrogens (tertiary/aromatic N) is 1. The van der Waals surface area contributed by atoms with E-state index in [1.165, 1.54) is 12.8 Å². The molecule has 0 N–H and O–H groups in total. The highest BCUT2D eigenvalue weighted by molar-refractivity contribution is 6.35. The number of halogens is 1. The molecule has 0 spiro atoms. The summed E-state index contributed by atoms with van der Waals surface area (Å²) in [5, 5.41) is 1.73. The molecule has 82 valence electrons. The lowest BCUT2D eigenvalue weighted by atomic mass is 10.1. The van der Waals surface area contributed by atoms with E-state index in [1.54, 1.807) is 7.11 Å². The predicted molar refractivity (Wildman–Crippen MR) is 65.3 cm³/mol. The monoisotopic (exact) mass is 233 g/mol. The number of hydrogen-bond donors (Lipinski definition) is 0. The SMILES string of the molecule is COc1ccc2nc(C3CC3)cc(Cl)c2c1. The van der Waals surface area contributed by atoms with Gasteiger partial charge in [-0.15, -0.1) is 0 Å². The van der Waals surface area contributed by atoms with E-state index in [0.717, 1.165) is 27.4 Å². The molecule has 0 radical (unpaired) electrons. The van der Waals surface area contributed by atoms with Gasteiger partial charge in [0.2, 0.25) is 0 Å². The Morgan fingerprint density at radius 3 is 2.81 bits per heavy atom. The van der Waals surface area contributed by atoms with E-state index in [0.29, 0.717) is 5.92 Å².